The van der Waals surface area contributed by atoms with Crippen LogP contribution < -0.4 is 11.3 Å². The second-order valence-electron chi connectivity index (χ2n) is 9.75. The molecule has 2 aliphatic heterocycles. The van der Waals surface area contributed by atoms with Gasteiger partial charge in [0, 0.05) is 34.5 Å². The second-order valence-corrected chi connectivity index (χ2v) is 11.8. The number of fused-ring (bicyclic) bond motifs is 2. The van der Waals surface area contributed by atoms with Crippen LogP contribution >= 0.6 is 16.1 Å². The van der Waals surface area contributed by atoms with Gasteiger partial charge in [-0.3, -0.25) is 18.4 Å². The number of phosphoric ester groups is 1. The lowest BCUT2D eigenvalue weighted by molar-refractivity contribution is -0.0607. The smallest absolute Gasteiger partial charge is 0.398 e. The minimum Gasteiger partial charge on any atom is -0.398 e. The second kappa shape index (κ2) is 11.7. The van der Waals surface area contributed by atoms with Crippen molar-refractivity contribution < 1.29 is 52.2 Å². The molecule has 0 radical (unpaired) electrons. The molecule has 2 aliphatic rings. The molecule has 19 nitrogen and oxygen atoms in total. The molecule has 7 N–H and O–H groups in total. The summed E-state index contributed by atoms with van der Waals surface area (Å²) in [5.41, 5.74) is 6.35. The van der Waals surface area contributed by atoms with Gasteiger partial charge in [0.2, 0.25) is 0 Å². The summed E-state index contributed by atoms with van der Waals surface area (Å²) in [5.74, 6) is 0. The Balaban J connectivity index is 1.20. The van der Waals surface area contributed by atoms with E-state index < -0.39 is 77.8 Å². The molecular weight excluding hydrogens is 616 g/mol. The highest BCUT2D eigenvalue weighted by Crippen LogP contribution is 2.50. The van der Waals surface area contributed by atoms with Crippen molar-refractivity contribution in [1.82, 2.24) is 29.1 Å². The summed E-state index contributed by atoms with van der Waals surface area (Å²) in [4.78, 5) is 46.8. The molecule has 4 unspecified atom stereocenters. The molecule has 0 aliphatic carbocycles. The van der Waals surface area contributed by atoms with Crippen LogP contribution in [0.15, 0.2) is 42.0 Å². The SMILES string of the molecule is Nc1ccnc2c1ccn2[C@@H]1OC(COP(=O)(O)O[C@@H]2CC(CO)O[C@H]2n2cnc3c(=O)[nH]cnc32)[C@@H](O[P+](=O)O)[C@H]1O. The summed E-state index contributed by atoms with van der Waals surface area (Å²) in [5, 5.41) is 21.2. The number of H-pyrrole nitrogens is 1. The van der Waals surface area contributed by atoms with Gasteiger partial charge in [0.1, 0.15) is 24.0 Å². The highest BCUT2D eigenvalue weighted by atomic mass is 31.2. The van der Waals surface area contributed by atoms with Gasteiger partial charge in [-0.05, 0) is 12.1 Å². The predicted octanol–water partition coefficient (Wildman–Crippen LogP) is -0.173. The number of aromatic nitrogens is 6. The lowest BCUT2D eigenvalue weighted by Crippen LogP contribution is -2.35. The molecule has 4 aromatic heterocycles. The van der Waals surface area contributed by atoms with E-state index in [1.807, 2.05) is 0 Å². The summed E-state index contributed by atoms with van der Waals surface area (Å²) < 4.78 is 54.6. The average molecular weight is 642 g/mol. The van der Waals surface area contributed by atoms with Crippen molar-refractivity contribution in [2.75, 3.05) is 18.9 Å². The molecule has 2 saturated heterocycles. The number of phosphoric acid groups is 1. The number of nitrogens with two attached hydrogens (primary N) is 1. The molecule has 43 heavy (non-hydrogen) atoms. The number of anilines is 1. The number of aliphatic hydroxyl groups is 2. The molecular formula is C22H26N7O12P2+. The fraction of sp³-hybridized carbons (Fsp3) is 0.455. The molecule has 0 spiro atoms. The minimum atomic E-state index is -4.92. The van der Waals surface area contributed by atoms with Crippen LogP contribution in [0.1, 0.15) is 18.9 Å². The minimum absolute atomic E-state index is 0.00570. The molecule has 6 rings (SSSR count). The van der Waals surface area contributed by atoms with Crippen LogP contribution in [-0.4, -0.2) is 92.8 Å². The van der Waals surface area contributed by atoms with Gasteiger partial charge in [0.05, 0.1) is 32.0 Å². The molecule has 0 bridgehead atoms. The van der Waals surface area contributed by atoms with Crippen molar-refractivity contribution in [3.63, 3.8) is 0 Å². The highest BCUT2D eigenvalue weighted by Gasteiger charge is 2.51. The number of aromatic amines is 1. The maximum atomic E-state index is 13.1. The predicted molar refractivity (Wildman–Crippen MR) is 143 cm³/mol. The Kier molecular flexibility index (Phi) is 8.14. The molecule has 21 heteroatoms. The summed E-state index contributed by atoms with van der Waals surface area (Å²) in [6, 6.07) is 3.23. The molecule has 9 atom stereocenters. The molecule has 0 aromatic carbocycles. The zero-order valence-corrected chi connectivity index (χ0v) is 23.7. The van der Waals surface area contributed by atoms with E-state index in [1.165, 1.54) is 21.7 Å². The van der Waals surface area contributed by atoms with Crippen LogP contribution in [-0.2, 0) is 32.2 Å². The normalized spacial score (nSPS) is 29.4. The number of ether oxygens (including phenoxy) is 2. The maximum Gasteiger partial charge on any atom is 0.695 e. The van der Waals surface area contributed by atoms with E-state index in [-0.39, 0.29) is 17.6 Å². The Morgan fingerprint density at radius 2 is 2.00 bits per heavy atom. The molecule has 2 fully saturated rings. The standard InChI is InChI=1S/C22H25N7O12P2/c23-12-1-3-24-18-11(12)2-4-28(18)22-16(31)17(40-42(33)34)14(39-22)7-37-43(35,36)41-13-5-10(6-30)38-21(13)29-9-27-15-19(29)25-8-26-20(15)32/h1-4,8-10,13-14,16-17,21-22,30-31H,5-7H2,(H4-,23,24,25,26,32,33,34,35,36)/p+1/t10?,13-,14?,16-,17-,21-,22-/m1/s1. The first-order chi connectivity index (χ1) is 20.6. The largest absolute Gasteiger partial charge is 0.695 e. The zero-order valence-electron chi connectivity index (χ0n) is 21.9. The molecule has 230 valence electrons. The van der Waals surface area contributed by atoms with Crippen molar-refractivity contribution in [3.8, 4) is 0 Å². The number of hydrogen-bond acceptors (Lipinski definition) is 14. The lowest BCUT2D eigenvalue weighted by atomic mass is 10.1. The number of nitrogens with zero attached hydrogens (tertiary/aromatic N) is 5. The monoisotopic (exact) mass is 642 g/mol. The van der Waals surface area contributed by atoms with Gasteiger partial charge in [0.25, 0.3) is 5.56 Å². The van der Waals surface area contributed by atoms with E-state index in [0.717, 1.165) is 6.33 Å². The summed E-state index contributed by atoms with van der Waals surface area (Å²) in [6.45, 7) is -1.15. The van der Waals surface area contributed by atoms with E-state index in [0.29, 0.717) is 16.7 Å². The zero-order chi connectivity index (χ0) is 30.5. The van der Waals surface area contributed by atoms with Gasteiger partial charge in [-0.1, -0.05) is 0 Å². The van der Waals surface area contributed by atoms with Crippen molar-refractivity contribution >= 4 is 44.0 Å². The fourth-order valence-electron chi connectivity index (χ4n) is 5.19. The van der Waals surface area contributed by atoms with Gasteiger partial charge in [-0.2, -0.15) is 0 Å². The summed E-state index contributed by atoms with van der Waals surface area (Å²) >= 11 is 0. The lowest BCUT2D eigenvalue weighted by Gasteiger charge is -2.23. The van der Waals surface area contributed by atoms with E-state index in [2.05, 4.69) is 19.9 Å². The number of nitrogens with one attached hydrogen (secondary N) is 1. The molecule has 0 amide bonds. The first-order valence-corrected chi connectivity index (χ1v) is 15.4. The Bertz CT molecular complexity index is 1760. The third-order valence-electron chi connectivity index (χ3n) is 7.10. The van der Waals surface area contributed by atoms with Crippen LogP contribution in [0.4, 0.5) is 5.69 Å². The van der Waals surface area contributed by atoms with Gasteiger partial charge in [-0.25, -0.2) is 19.5 Å². The molecule has 6 heterocycles. The van der Waals surface area contributed by atoms with Gasteiger partial charge in [-0.15, -0.1) is 9.42 Å². The Labute approximate surface area is 241 Å². The number of aliphatic hydroxyl groups excluding tert-OH is 2. The third-order valence-corrected chi connectivity index (χ3v) is 8.54. The number of hydrogen-bond donors (Lipinski definition) is 6. The topological polar surface area (TPSA) is 269 Å². The van der Waals surface area contributed by atoms with Crippen molar-refractivity contribution in [1.29, 1.82) is 0 Å². The Morgan fingerprint density at radius 3 is 2.77 bits per heavy atom. The van der Waals surface area contributed by atoms with E-state index >= 15 is 0 Å². The van der Waals surface area contributed by atoms with E-state index in [9.17, 15) is 33.9 Å². The first kappa shape index (κ1) is 29.9. The number of rotatable bonds is 10. The van der Waals surface area contributed by atoms with Crippen LogP contribution in [0.5, 0.6) is 0 Å². The van der Waals surface area contributed by atoms with Crippen molar-refractivity contribution in [2.24, 2.45) is 0 Å². The van der Waals surface area contributed by atoms with Crippen molar-refractivity contribution in [2.45, 2.75) is 49.4 Å². The van der Waals surface area contributed by atoms with Gasteiger partial charge < -0.3 is 39.9 Å². The quantitative estimate of drug-likeness (QED) is 0.123. The van der Waals surface area contributed by atoms with E-state index in [4.69, 9.17) is 28.8 Å². The van der Waals surface area contributed by atoms with Gasteiger partial charge in [0.15, 0.2) is 29.7 Å². The fourth-order valence-corrected chi connectivity index (χ4v) is 6.59. The van der Waals surface area contributed by atoms with Gasteiger partial charge >= 0.3 is 16.1 Å². The number of nitrogen functional groups attached to an aromatic ring is 1. The molecule has 4 aromatic rings. The van der Waals surface area contributed by atoms with Crippen LogP contribution in [0.3, 0.4) is 0 Å². The first-order valence-electron chi connectivity index (χ1n) is 12.8. The average Bonchev–Trinajstić information content (AvgIpc) is 3.73. The Morgan fingerprint density at radius 1 is 1.19 bits per heavy atom. The van der Waals surface area contributed by atoms with Crippen LogP contribution in [0.2, 0.25) is 0 Å². The summed E-state index contributed by atoms with van der Waals surface area (Å²) in [7, 11) is -8.13. The number of imidazole rings is 1. The van der Waals surface area contributed by atoms with Crippen molar-refractivity contribution in [3.05, 3.63) is 47.5 Å². The highest BCUT2D eigenvalue weighted by molar-refractivity contribution is 7.47. The number of pyridine rings is 1. The van der Waals surface area contributed by atoms with Crippen LogP contribution in [0.25, 0.3) is 22.2 Å². The van der Waals surface area contributed by atoms with Crippen LogP contribution in [0, 0.1) is 0 Å². The third kappa shape index (κ3) is 5.73. The molecule has 0 saturated carbocycles. The van der Waals surface area contributed by atoms with E-state index in [1.54, 1.807) is 18.3 Å². The maximum absolute atomic E-state index is 13.1. The Hall–Kier alpha value is -3.19. The summed E-state index contributed by atoms with van der Waals surface area (Å²) in [6.07, 6.45) is -3.21.